The minimum Gasteiger partial charge on any atom is -0.394 e. The molecule has 1 unspecified atom stereocenters. The molecule has 0 aliphatic carbocycles. The molecule has 1 saturated heterocycles. The number of aliphatic hydroxyl groups is 3. The smallest absolute Gasteiger partial charge is 0.167 e. The fraction of sp³-hybridized carbons (Fsp3) is 0.353. The second-order valence-corrected chi connectivity index (χ2v) is 7.28. The topological polar surface area (TPSA) is 126 Å². The van der Waals surface area contributed by atoms with E-state index in [2.05, 4.69) is 20.3 Å². The van der Waals surface area contributed by atoms with Crippen LogP contribution in [0, 0.1) is 0 Å². The van der Waals surface area contributed by atoms with Gasteiger partial charge in [0.1, 0.15) is 24.6 Å². The van der Waals surface area contributed by atoms with Crippen LogP contribution in [-0.2, 0) is 11.3 Å². The third-order valence-electron chi connectivity index (χ3n) is 4.53. The average molecular weight is 426 g/mol. The quantitative estimate of drug-likeness (QED) is 0.482. The summed E-state index contributed by atoms with van der Waals surface area (Å²) in [6.45, 7) is -0.00154. The van der Waals surface area contributed by atoms with Gasteiger partial charge in [0.15, 0.2) is 23.2 Å². The molecule has 0 spiro atoms. The number of fused-ring (bicyclic) bond motifs is 1. The van der Waals surface area contributed by atoms with Crippen LogP contribution >= 0.6 is 23.2 Å². The Morgan fingerprint density at radius 2 is 1.82 bits per heavy atom. The summed E-state index contributed by atoms with van der Waals surface area (Å²) in [5, 5.41) is 33.7. The van der Waals surface area contributed by atoms with E-state index < -0.39 is 31.1 Å². The maximum atomic E-state index is 10.2. The van der Waals surface area contributed by atoms with E-state index in [1.165, 1.54) is 17.2 Å². The van der Waals surface area contributed by atoms with E-state index in [1.54, 1.807) is 18.2 Å². The first kappa shape index (κ1) is 19.3. The van der Waals surface area contributed by atoms with E-state index in [-0.39, 0.29) is 0 Å². The zero-order valence-electron chi connectivity index (χ0n) is 14.4. The number of hydrogen-bond acceptors (Lipinski definition) is 8. The molecular formula is C17H17Cl2N5O4. The molecule has 1 fully saturated rings. The lowest BCUT2D eigenvalue weighted by Crippen LogP contribution is -2.33. The van der Waals surface area contributed by atoms with Crippen LogP contribution in [0.2, 0.25) is 10.0 Å². The number of nitrogens with one attached hydrogen (secondary N) is 1. The Kier molecular flexibility index (Phi) is 5.37. The van der Waals surface area contributed by atoms with Gasteiger partial charge in [-0.2, -0.15) is 0 Å². The molecule has 0 amide bonds. The Bertz CT molecular complexity index is 981. The van der Waals surface area contributed by atoms with Crippen molar-refractivity contribution in [3.63, 3.8) is 0 Å². The molecule has 28 heavy (non-hydrogen) atoms. The minimum absolute atomic E-state index is 0.410. The SMILES string of the molecule is OC[C@H]1OC(n2cnc3c(NCc4cc(Cl)cc(Cl)c4)ncnc32)[C@H](O)[C@@H]1O. The van der Waals surface area contributed by atoms with Gasteiger partial charge >= 0.3 is 0 Å². The van der Waals surface area contributed by atoms with Crippen LogP contribution in [0.25, 0.3) is 11.2 Å². The first-order valence-corrected chi connectivity index (χ1v) is 9.22. The fourth-order valence-electron chi connectivity index (χ4n) is 3.18. The van der Waals surface area contributed by atoms with Crippen molar-refractivity contribution < 1.29 is 20.1 Å². The lowest BCUT2D eigenvalue weighted by Gasteiger charge is -2.16. The van der Waals surface area contributed by atoms with Gasteiger partial charge in [0.25, 0.3) is 0 Å². The highest BCUT2D eigenvalue weighted by molar-refractivity contribution is 6.34. The van der Waals surface area contributed by atoms with E-state index in [0.717, 1.165) is 5.56 Å². The molecular weight excluding hydrogens is 409 g/mol. The summed E-state index contributed by atoms with van der Waals surface area (Å²) in [5.41, 5.74) is 1.75. The summed E-state index contributed by atoms with van der Waals surface area (Å²) >= 11 is 12.0. The maximum absolute atomic E-state index is 10.2. The predicted molar refractivity (Wildman–Crippen MR) is 102 cm³/mol. The molecule has 4 rings (SSSR count). The van der Waals surface area contributed by atoms with Gasteiger partial charge in [-0.3, -0.25) is 4.57 Å². The lowest BCUT2D eigenvalue weighted by atomic mass is 10.1. The standard InChI is InChI=1S/C17H17Cl2N5O4/c18-9-1-8(2-10(19)3-9)4-20-15-12-16(22-6-21-15)24(7-23-12)17-14(27)13(26)11(5-25)28-17/h1-3,6-7,11,13-14,17,25-27H,4-5H2,(H,20,21,22)/t11-,13-,14-,17?/m1/s1. The van der Waals surface area contributed by atoms with Crippen molar-refractivity contribution in [1.82, 2.24) is 19.5 Å². The fourth-order valence-corrected chi connectivity index (χ4v) is 3.75. The summed E-state index contributed by atoms with van der Waals surface area (Å²) < 4.78 is 7.05. The molecule has 148 valence electrons. The Morgan fingerprint density at radius 1 is 1.07 bits per heavy atom. The monoisotopic (exact) mass is 425 g/mol. The van der Waals surface area contributed by atoms with Crippen molar-refractivity contribution >= 4 is 40.2 Å². The lowest BCUT2D eigenvalue weighted by molar-refractivity contribution is -0.0511. The average Bonchev–Trinajstić information content (AvgIpc) is 3.21. The van der Waals surface area contributed by atoms with Crippen molar-refractivity contribution in [3.8, 4) is 0 Å². The first-order chi connectivity index (χ1) is 13.5. The molecule has 0 bridgehead atoms. The summed E-state index contributed by atoms with van der Waals surface area (Å²) in [4.78, 5) is 12.7. The molecule has 1 aliphatic rings. The Labute approximate surface area is 169 Å². The molecule has 3 aromatic rings. The van der Waals surface area contributed by atoms with Gasteiger partial charge < -0.3 is 25.4 Å². The third kappa shape index (κ3) is 3.52. The molecule has 1 aromatic carbocycles. The van der Waals surface area contributed by atoms with Gasteiger partial charge in [-0.1, -0.05) is 23.2 Å². The van der Waals surface area contributed by atoms with Gasteiger partial charge in [0.2, 0.25) is 0 Å². The largest absolute Gasteiger partial charge is 0.394 e. The van der Waals surface area contributed by atoms with Crippen LogP contribution in [-0.4, -0.2) is 59.8 Å². The second-order valence-electron chi connectivity index (χ2n) is 6.41. The molecule has 0 radical (unpaired) electrons. The number of halogens is 2. The minimum atomic E-state index is -1.23. The Balaban J connectivity index is 1.60. The maximum Gasteiger partial charge on any atom is 0.167 e. The van der Waals surface area contributed by atoms with Gasteiger partial charge in [-0.15, -0.1) is 0 Å². The molecule has 11 heteroatoms. The number of ether oxygens (including phenoxy) is 1. The van der Waals surface area contributed by atoms with Crippen LogP contribution in [0.1, 0.15) is 11.8 Å². The number of nitrogens with zero attached hydrogens (tertiary/aromatic N) is 4. The highest BCUT2D eigenvalue weighted by atomic mass is 35.5. The van der Waals surface area contributed by atoms with Gasteiger partial charge in [0, 0.05) is 16.6 Å². The van der Waals surface area contributed by atoms with E-state index in [1.807, 2.05) is 0 Å². The van der Waals surface area contributed by atoms with E-state index >= 15 is 0 Å². The summed E-state index contributed by atoms with van der Waals surface area (Å²) in [7, 11) is 0. The third-order valence-corrected chi connectivity index (χ3v) is 4.97. The van der Waals surface area contributed by atoms with Crippen molar-refractivity contribution in [2.75, 3.05) is 11.9 Å². The van der Waals surface area contributed by atoms with Crippen molar-refractivity contribution in [3.05, 3.63) is 46.5 Å². The number of hydrogen-bond donors (Lipinski definition) is 4. The summed E-state index contributed by atoms with van der Waals surface area (Å²) in [6.07, 6.45) is -1.44. The van der Waals surface area contributed by atoms with Crippen LogP contribution < -0.4 is 5.32 Å². The zero-order valence-corrected chi connectivity index (χ0v) is 15.9. The normalized spacial score (nSPS) is 24.8. The summed E-state index contributed by atoms with van der Waals surface area (Å²) in [6, 6.07) is 5.23. The predicted octanol–water partition coefficient (Wildman–Crippen LogP) is 1.36. The highest BCUT2D eigenvalue weighted by Gasteiger charge is 2.44. The molecule has 9 nitrogen and oxygen atoms in total. The Hall–Kier alpha value is -2.01. The van der Waals surface area contributed by atoms with Crippen LogP contribution in [0.3, 0.4) is 0 Å². The van der Waals surface area contributed by atoms with Crippen LogP contribution in [0.15, 0.2) is 30.9 Å². The van der Waals surface area contributed by atoms with Gasteiger partial charge in [0.05, 0.1) is 12.9 Å². The number of benzene rings is 1. The van der Waals surface area contributed by atoms with E-state index in [4.69, 9.17) is 27.9 Å². The molecule has 1 aliphatic heterocycles. The molecule has 4 atom stereocenters. The van der Waals surface area contributed by atoms with E-state index in [9.17, 15) is 15.3 Å². The number of rotatable bonds is 5. The number of imidazole rings is 1. The summed E-state index contributed by atoms with van der Waals surface area (Å²) in [5.74, 6) is 0.478. The second kappa shape index (κ2) is 7.78. The highest BCUT2D eigenvalue weighted by Crippen LogP contribution is 2.32. The van der Waals surface area contributed by atoms with Crippen molar-refractivity contribution in [2.45, 2.75) is 31.1 Å². The van der Waals surface area contributed by atoms with Gasteiger partial charge in [-0.25, -0.2) is 15.0 Å². The molecule has 3 heterocycles. The molecule has 4 N–H and O–H groups in total. The number of aromatic nitrogens is 4. The Morgan fingerprint density at radius 3 is 2.50 bits per heavy atom. The van der Waals surface area contributed by atoms with Crippen molar-refractivity contribution in [1.29, 1.82) is 0 Å². The molecule has 2 aromatic heterocycles. The van der Waals surface area contributed by atoms with Crippen LogP contribution in [0.5, 0.6) is 0 Å². The molecule has 0 saturated carbocycles. The van der Waals surface area contributed by atoms with Gasteiger partial charge in [-0.05, 0) is 23.8 Å². The van der Waals surface area contributed by atoms with Crippen molar-refractivity contribution in [2.24, 2.45) is 0 Å². The number of anilines is 1. The first-order valence-electron chi connectivity index (χ1n) is 8.46. The van der Waals surface area contributed by atoms with Crippen LogP contribution in [0.4, 0.5) is 5.82 Å². The zero-order chi connectivity index (χ0) is 19.8. The van der Waals surface area contributed by atoms with E-state index in [0.29, 0.717) is 33.6 Å². The number of aliphatic hydroxyl groups excluding tert-OH is 3.